The molecule has 0 radical (unpaired) electrons. The number of hydrogen-bond acceptors (Lipinski definition) is 10. The van der Waals surface area contributed by atoms with Crippen molar-refractivity contribution in [2.24, 2.45) is 0 Å². The van der Waals surface area contributed by atoms with E-state index in [0.29, 0.717) is 12.8 Å². The molecule has 1 heterocycles. The fourth-order valence-electron chi connectivity index (χ4n) is 6.09. The largest absolute Gasteiger partial charge is 0.462 e. The molecule has 1 rings (SSSR count). The quantitative estimate of drug-likeness (QED) is 0.0278. The molecule has 0 saturated carbocycles. The Bertz CT molecular complexity index is 1100. The van der Waals surface area contributed by atoms with Crippen LogP contribution in [0.4, 0.5) is 0 Å². The number of carbonyl (C=O) groups is 2. The molecule has 6 atom stereocenters. The van der Waals surface area contributed by atoms with E-state index < -0.39 is 55.4 Å². The SMILES string of the molecule is CCCC/C=C/C/C=C/CCCCCCCC(=O)OC[C@H](CO[C@@H]1O[C@H](CO)[C@H](O)C(O)C1O)OC(=O)CCCCCC/C=C/C/C=C/C/C=C/CCCCC. The zero-order chi connectivity index (χ0) is 40.9. The minimum absolute atomic E-state index is 0.198. The molecule has 10 nitrogen and oxygen atoms in total. The lowest BCUT2D eigenvalue weighted by Gasteiger charge is -2.39. The highest BCUT2D eigenvalue weighted by molar-refractivity contribution is 5.70. The van der Waals surface area contributed by atoms with Crippen molar-refractivity contribution < 1.29 is 49.0 Å². The molecule has 1 fully saturated rings. The zero-order valence-electron chi connectivity index (χ0n) is 34.9. The van der Waals surface area contributed by atoms with Crippen molar-refractivity contribution in [1.82, 2.24) is 0 Å². The Hall–Kier alpha value is -2.60. The molecule has 0 amide bonds. The van der Waals surface area contributed by atoms with Gasteiger partial charge in [-0.3, -0.25) is 9.59 Å². The van der Waals surface area contributed by atoms with E-state index in [9.17, 15) is 30.0 Å². The molecule has 322 valence electrons. The van der Waals surface area contributed by atoms with E-state index >= 15 is 0 Å². The van der Waals surface area contributed by atoms with E-state index in [1.807, 2.05) is 0 Å². The zero-order valence-corrected chi connectivity index (χ0v) is 34.9. The summed E-state index contributed by atoms with van der Waals surface area (Å²) >= 11 is 0. The standard InChI is InChI=1S/C46H78O10/c1-3-5-7-9-11-13-15-17-19-20-21-23-25-27-29-31-33-35-42(49)55-39(38-54-46-45(52)44(51)43(50)40(36-47)56-46)37-53-41(48)34-32-30-28-26-24-22-18-16-14-12-10-8-6-4-2/h10-13,16-19,21,23,39-40,43-47,50-52H,3-9,14-15,20,22,24-38H2,1-2H3/b12-10+,13-11+,18-16+,19-17+,23-21+/t39-,40-,43+,44?,45?,46-/m1/s1. The topological polar surface area (TPSA) is 152 Å². The summed E-state index contributed by atoms with van der Waals surface area (Å²) in [6.07, 6.45) is 36.5. The van der Waals surface area contributed by atoms with Crippen LogP contribution in [0.25, 0.3) is 0 Å². The predicted molar refractivity (Wildman–Crippen MR) is 224 cm³/mol. The average Bonchev–Trinajstić information content (AvgIpc) is 3.19. The maximum Gasteiger partial charge on any atom is 0.306 e. The summed E-state index contributed by atoms with van der Waals surface area (Å²) in [7, 11) is 0. The van der Waals surface area contributed by atoms with Crippen LogP contribution in [0.3, 0.4) is 0 Å². The lowest BCUT2D eigenvalue weighted by molar-refractivity contribution is -0.305. The Morgan fingerprint density at radius 1 is 0.554 bits per heavy atom. The Balaban J connectivity index is 2.38. The van der Waals surface area contributed by atoms with Crippen LogP contribution in [0.15, 0.2) is 60.8 Å². The highest BCUT2D eigenvalue weighted by Gasteiger charge is 2.44. The van der Waals surface area contributed by atoms with E-state index in [1.165, 1.54) is 38.5 Å². The van der Waals surface area contributed by atoms with Crippen molar-refractivity contribution in [3.63, 3.8) is 0 Å². The van der Waals surface area contributed by atoms with Crippen LogP contribution in [-0.2, 0) is 28.5 Å². The lowest BCUT2D eigenvalue weighted by atomic mass is 9.99. The number of ether oxygens (including phenoxy) is 4. The van der Waals surface area contributed by atoms with Crippen LogP contribution in [0.1, 0.15) is 162 Å². The third-order valence-corrected chi connectivity index (χ3v) is 9.63. The molecular formula is C46H78O10. The number of carbonyl (C=O) groups excluding carboxylic acids is 2. The molecule has 0 aliphatic carbocycles. The highest BCUT2D eigenvalue weighted by Crippen LogP contribution is 2.22. The van der Waals surface area contributed by atoms with Crippen LogP contribution < -0.4 is 0 Å². The van der Waals surface area contributed by atoms with Gasteiger partial charge >= 0.3 is 11.9 Å². The predicted octanol–water partition coefficient (Wildman–Crippen LogP) is 9.05. The van der Waals surface area contributed by atoms with Gasteiger partial charge in [-0.2, -0.15) is 0 Å². The number of esters is 2. The number of hydrogen-bond donors (Lipinski definition) is 4. The molecule has 1 saturated heterocycles. The van der Waals surface area contributed by atoms with Crippen molar-refractivity contribution in [2.75, 3.05) is 19.8 Å². The summed E-state index contributed by atoms with van der Waals surface area (Å²) in [4.78, 5) is 25.3. The van der Waals surface area contributed by atoms with Crippen molar-refractivity contribution in [3.05, 3.63) is 60.8 Å². The van der Waals surface area contributed by atoms with Gasteiger partial charge in [0.25, 0.3) is 0 Å². The van der Waals surface area contributed by atoms with E-state index in [4.69, 9.17) is 18.9 Å². The average molecular weight is 791 g/mol. The van der Waals surface area contributed by atoms with Gasteiger partial charge in [0, 0.05) is 12.8 Å². The van der Waals surface area contributed by atoms with E-state index in [2.05, 4.69) is 74.6 Å². The number of aliphatic hydroxyl groups excluding tert-OH is 4. The van der Waals surface area contributed by atoms with Crippen LogP contribution in [0.2, 0.25) is 0 Å². The second kappa shape index (κ2) is 36.7. The summed E-state index contributed by atoms with van der Waals surface area (Å²) in [5.74, 6) is -0.853. The third-order valence-electron chi connectivity index (χ3n) is 9.63. The molecule has 1 aliphatic heterocycles. The first-order valence-corrected chi connectivity index (χ1v) is 21.9. The van der Waals surface area contributed by atoms with Gasteiger partial charge in [0.15, 0.2) is 12.4 Å². The first-order chi connectivity index (χ1) is 27.3. The molecule has 0 bridgehead atoms. The van der Waals surface area contributed by atoms with Crippen molar-refractivity contribution in [1.29, 1.82) is 0 Å². The van der Waals surface area contributed by atoms with Gasteiger partial charge in [0.1, 0.15) is 31.0 Å². The van der Waals surface area contributed by atoms with Gasteiger partial charge in [0.05, 0.1) is 13.2 Å². The lowest BCUT2D eigenvalue weighted by Crippen LogP contribution is -2.59. The molecule has 0 aromatic heterocycles. The van der Waals surface area contributed by atoms with Crippen molar-refractivity contribution in [2.45, 2.75) is 198 Å². The molecule has 56 heavy (non-hydrogen) atoms. The smallest absolute Gasteiger partial charge is 0.306 e. The molecular weight excluding hydrogens is 712 g/mol. The van der Waals surface area contributed by atoms with Gasteiger partial charge in [0.2, 0.25) is 0 Å². The number of aliphatic hydroxyl groups is 4. The van der Waals surface area contributed by atoms with Crippen molar-refractivity contribution >= 4 is 11.9 Å². The van der Waals surface area contributed by atoms with Crippen LogP contribution in [0, 0.1) is 0 Å². The first-order valence-electron chi connectivity index (χ1n) is 21.9. The Labute approximate surface area is 339 Å². The molecule has 10 heteroatoms. The van der Waals surface area contributed by atoms with Gasteiger partial charge < -0.3 is 39.4 Å². The van der Waals surface area contributed by atoms with E-state index in [1.54, 1.807) is 0 Å². The number of unbranched alkanes of at least 4 members (excludes halogenated alkanes) is 14. The molecule has 0 aromatic carbocycles. The third kappa shape index (κ3) is 27.9. The van der Waals surface area contributed by atoms with Gasteiger partial charge in [-0.25, -0.2) is 0 Å². The molecule has 2 unspecified atom stereocenters. The minimum Gasteiger partial charge on any atom is -0.462 e. The van der Waals surface area contributed by atoms with Gasteiger partial charge in [-0.15, -0.1) is 0 Å². The fourth-order valence-corrected chi connectivity index (χ4v) is 6.09. The van der Waals surface area contributed by atoms with Crippen LogP contribution >= 0.6 is 0 Å². The minimum atomic E-state index is -1.60. The van der Waals surface area contributed by atoms with Crippen molar-refractivity contribution in [3.8, 4) is 0 Å². The summed E-state index contributed by atoms with van der Waals surface area (Å²) in [6, 6.07) is 0. The molecule has 0 aromatic rings. The molecule has 1 aliphatic rings. The molecule has 4 N–H and O–H groups in total. The monoisotopic (exact) mass is 791 g/mol. The normalized spacial score (nSPS) is 21.0. The van der Waals surface area contributed by atoms with Gasteiger partial charge in [-0.05, 0) is 77.0 Å². The Morgan fingerprint density at radius 3 is 1.55 bits per heavy atom. The molecule has 0 spiro atoms. The van der Waals surface area contributed by atoms with E-state index in [0.717, 1.165) is 83.5 Å². The van der Waals surface area contributed by atoms with E-state index in [-0.39, 0.29) is 26.1 Å². The summed E-state index contributed by atoms with van der Waals surface area (Å²) in [5, 5.41) is 40.0. The van der Waals surface area contributed by atoms with Crippen LogP contribution in [-0.4, -0.2) is 89.0 Å². The maximum atomic E-state index is 12.8. The second-order valence-electron chi connectivity index (χ2n) is 14.8. The first kappa shape index (κ1) is 51.4. The summed E-state index contributed by atoms with van der Waals surface area (Å²) in [5.41, 5.74) is 0. The Kier molecular flexibility index (Phi) is 33.7. The fraction of sp³-hybridized carbons (Fsp3) is 0.739. The summed E-state index contributed by atoms with van der Waals surface area (Å²) in [6.45, 7) is 3.30. The van der Waals surface area contributed by atoms with Gasteiger partial charge in [-0.1, -0.05) is 132 Å². The highest BCUT2D eigenvalue weighted by atomic mass is 16.7. The number of rotatable bonds is 35. The second-order valence-corrected chi connectivity index (χ2v) is 14.8. The maximum absolute atomic E-state index is 12.8. The summed E-state index contributed by atoms with van der Waals surface area (Å²) < 4.78 is 22.1. The number of allylic oxidation sites excluding steroid dienone is 10. The van der Waals surface area contributed by atoms with Crippen LogP contribution in [0.5, 0.6) is 0 Å². The Morgan fingerprint density at radius 2 is 1.02 bits per heavy atom.